The molecule has 1 aromatic rings. The molecule has 0 aromatic heterocycles. The highest BCUT2D eigenvalue weighted by Gasteiger charge is 2.45. The summed E-state index contributed by atoms with van der Waals surface area (Å²) in [4.78, 5) is 0. The molecular formula is C58H108N2O9S. The molecule has 0 spiro atoms. The van der Waals surface area contributed by atoms with Gasteiger partial charge in [-0.25, -0.2) is 0 Å². The van der Waals surface area contributed by atoms with Gasteiger partial charge in [-0.3, -0.25) is 0 Å². The van der Waals surface area contributed by atoms with Gasteiger partial charge in [0.2, 0.25) is 0 Å². The van der Waals surface area contributed by atoms with E-state index in [1.807, 2.05) is 12.1 Å². The third kappa shape index (κ3) is 31.9. The molecule has 1 aromatic carbocycles. The largest absolute Gasteiger partial charge is 0.495 e. The molecule has 7 N–H and O–H groups in total. The van der Waals surface area contributed by atoms with Gasteiger partial charge < -0.3 is 55.1 Å². The van der Waals surface area contributed by atoms with Crippen LogP contribution in [0.15, 0.2) is 24.3 Å². The second kappa shape index (κ2) is 44.8. The van der Waals surface area contributed by atoms with E-state index in [4.69, 9.17) is 31.2 Å². The lowest BCUT2D eigenvalue weighted by atomic mass is 9.98. The Morgan fingerprint density at radius 3 is 1.43 bits per heavy atom. The smallest absolute Gasteiger partial charge is 0.261 e. The lowest BCUT2D eigenvalue weighted by molar-refractivity contribution is -0.302. The number of rotatable bonds is 48. The summed E-state index contributed by atoms with van der Waals surface area (Å²) in [5.41, 5.74) is 0.598. The SMILES string of the molecule is CCCCCCCCCCCCCCCCCCCCCCCCCCN[C@@H](CO[C@H]1O[C@H](COC(=S)Nc2ccccc2OC)[C@H](O)[C@H](O)[C@H]1O)[C@H](O)[C@H](O)CCCCCCCCCCCCCC. The number of methoxy groups -OCH3 is 1. The maximum absolute atomic E-state index is 11.5. The fraction of sp³-hybridized carbons (Fsp3) is 0.879. The van der Waals surface area contributed by atoms with Crippen molar-refractivity contribution >= 4 is 23.1 Å². The Kier molecular flexibility index (Phi) is 41.3. The Morgan fingerprint density at radius 1 is 0.571 bits per heavy atom. The van der Waals surface area contributed by atoms with Crippen LogP contribution in [0.5, 0.6) is 5.75 Å². The second-order valence-electron chi connectivity index (χ2n) is 20.7. The minimum Gasteiger partial charge on any atom is -0.495 e. The van der Waals surface area contributed by atoms with Crippen molar-refractivity contribution in [2.24, 2.45) is 0 Å². The molecule has 11 nitrogen and oxygen atoms in total. The molecule has 0 unspecified atom stereocenters. The van der Waals surface area contributed by atoms with E-state index in [1.165, 1.54) is 193 Å². The number of aliphatic hydroxyl groups is 5. The van der Waals surface area contributed by atoms with Crippen molar-refractivity contribution < 1.29 is 44.5 Å². The van der Waals surface area contributed by atoms with Gasteiger partial charge in [-0.1, -0.05) is 251 Å². The van der Waals surface area contributed by atoms with Gasteiger partial charge in [-0.2, -0.15) is 0 Å². The molecule has 1 heterocycles. The normalized spacial score (nSPS) is 19.5. The first-order valence-corrected chi connectivity index (χ1v) is 29.6. The van der Waals surface area contributed by atoms with Gasteiger partial charge in [0.25, 0.3) is 5.17 Å². The summed E-state index contributed by atoms with van der Waals surface area (Å²) < 4.78 is 23.0. The van der Waals surface area contributed by atoms with E-state index in [0.29, 0.717) is 24.4 Å². The van der Waals surface area contributed by atoms with Crippen LogP contribution in [0.1, 0.15) is 251 Å². The first-order chi connectivity index (χ1) is 34.2. The number of aliphatic hydroxyl groups excluding tert-OH is 5. The number of para-hydroxylation sites is 2. The molecule has 410 valence electrons. The topological polar surface area (TPSA) is 162 Å². The zero-order valence-electron chi connectivity index (χ0n) is 45.0. The molecule has 70 heavy (non-hydrogen) atoms. The predicted molar refractivity (Wildman–Crippen MR) is 294 cm³/mol. The number of hydrogen-bond donors (Lipinski definition) is 7. The Bertz CT molecular complexity index is 1330. The molecule has 1 saturated heterocycles. The Morgan fingerprint density at radius 2 is 0.986 bits per heavy atom. The van der Waals surface area contributed by atoms with E-state index in [0.717, 1.165) is 38.5 Å². The zero-order chi connectivity index (χ0) is 50.7. The highest BCUT2D eigenvalue weighted by Crippen LogP contribution is 2.26. The second-order valence-corrected chi connectivity index (χ2v) is 21.1. The average molecular weight is 1010 g/mol. The fourth-order valence-corrected chi connectivity index (χ4v) is 9.91. The van der Waals surface area contributed by atoms with Crippen molar-refractivity contribution in [1.29, 1.82) is 0 Å². The van der Waals surface area contributed by atoms with Gasteiger partial charge in [-0.05, 0) is 43.7 Å². The maximum atomic E-state index is 11.5. The standard InChI is InChI=1S/C58H108N2O9S/c1-4-6-8-10-12-14-16-18-19-20-21-22-23-24-25-26-27-28-29-31-33-35-37-41-45-59-49(53(62)50(61)43-38-36-34-32-30-17-15-13-11-9-7-5-2)46-67-57-56(65)55(64)54(63)52(69-57)47-68-58(70)60-48-42-39-40-44-51(48)66-3/h39-40,42,44,49-50,52-57,59,61-65H,4-38,41,43,45-47H2,1-3H3,(H,60,70)/t49-,50+,52+,53-,54-,55-,56+,57-/m0/s1. The third-order valence-electron chi connectivity index (χ3n) is 14.4. The summed E-state index contributed by atoms with van der Waals surface area (Å²) in [6, 6.07) is 6.56. The Hall–Kier alpha value is -1.61. The summed E-state index contributed by atoms with van der Waals surface area (Å²) in [7, 11) is 1.55. The van der Waals surface area contributed by atoms with Crippen LogP contribution in [0.4, 0.5) is 5.69 Å². The molecule has 1 aliphatic heterocycles. The molecule has 2 rings (SSSR count). The molecule has 0 saturated carbocycles. The van der Waals surface area contributed by atoms with E-state index < -0.39 is 49.0 Å². The summed E-state index contributed by atoms with van der Waals surface area (Å²) in [6.07, 6.45) is 38.4. The minimum atomic E-state index is -1.57. The monoisotopic (exact) mass is 1010 g/mol. The quantitative estimate of drug-likeness (QED) is 0.0245. The van der Waals surface area contributed by atoms with E-state index in [1.54, 1.807) is 19.2 Å². The highest BCUT2D eigenvalue weighted by molar-refractivity contribution is 7.80. The Balaban J connectivity index is 1.70. The van der Waals surface area contributed by atoms with E-state index >= 15 is 0 Å². The number of benzene rings is 1. The molecule has 0 radical (unpaired) electrons. The fourth-order valence-electron chi connectivity index (χ4n) is 9.73. The van der Waals surface area contributed by atoms with Crippen LogP contribution in [-0.2, 0) is 14.2 Å². The number of unbranched alkanes of at least 4 members (excludes halogenated alkanes) is 34. The number of ether oxygens (including phenoxy) is 4. The molecule has 1 aliphatic rings. The van der Waals surface area contributed by atoms with Gasteiger partial charge in [0.05, 0.1) is 37.7 Å². The van der Waals surface area contributed by atoms with Crippen LogP contribution in [0, 0.1) is 0 Å². The number of nitrogens with one attached hydrogen (secondary N) is 2. The molecule has 0 amide bonds. The van der Waals surface area contributed by atoms with E-state index in [-0.39, 0.29) is 18.4 Å². The summed E-state index contributed by atoms with van der Waals surface area (Å²) in [5.74, 6) is 0.570. The number of hydrogen-bond acceptors (Lipinski definition) is 11. The average Bonchev–Trinajstić information content (AvgIpc) is 3.36. The van der Waals surface area contributed by atoms with Crippen molar-refractivity contribution in [3.63, 3.8) is 0 Å². The number of anilines is 1. The van der Waals surface area contributed by atoms with E-state index in [9.17, 15) is 25.5 Å². The van der Waals surface area contributed by atoms with Crippen LogP contribution < -0.4 is 15.4 Å². The van der Waals surface area contributed by atoms with Crippen molar-refractivity contribution in [3.8, 4) is 5.75 Å². The van der Waals surface area contributed by atoms with Gasteiger partial charge in [0, 0.05) is 0 Å². The van der Waals surface area contributed by atoms with Crippen LogP contribution in [-0.4, -0.2) is 107 Å². The highest BCUT2D eigenvalue weighted by atomic mass is 32.1. The van der Waals surface area contributed by atoms with Gasteiger partial charge in [0.15, 0.2) is 6.29 Å². The molecule has 0 bridgehead atoms. The summed E-state index contributed by atoms with van der Waals surface area (Å²) >= 11 is 5.36. The predicted octanol–water partition coefficient (Wildman–Crippen LogP) is 13.4. The lowest BCUT2D eigenvalue weighted by Gasteiger charge is -2.40. The van der Waals surface area contributed by atoms with Gasteiger partial charge in [-0.15, -0.1) is 0 Å². The lowest BCUT2D eigenvalue weighted by Crippen LogP contribution is -2.60. The van der Waals surface area contributed by atoms with Gasteiger partial charge in [0.1, 0.15) is 36.8 Å². The van der Waals surface area contributed by atoms with Crippen molar-refractivity contribution in [3.05, 3.63) is 24.3 Å². The number of thiocarbonyl (C=S) groups is 1. The maximum Gasteiger partial charge on any atom is 0.261 e. The zero-order valence-corrected chi connectivity index (χ0v) is 45.8. The Labute approximate surface area is 433 Å². The summed E-state index contributed by atoms with van der Waals surface area (Å²) in [6.45, 7) is 4.86. The first-order valence-electron chi connectivity index (χ1n) is 29.2. The minimum absolute atomic E-state index is 0.00802. The van der Waals surface area contributed by atoms with E-state index in [2.05, 4.69) is 24.5 Å². The van der Waals surface area contributed by atoms with Gasteiger partial charge >= 0.3 is 0 Å². The van der Waals surface area contributed by atoms with Crippen LogP contribution >= 0.6 is 12.2 Å². The van der Waals surface area contributed by atoms with Crippen molar-refractivity contribution in [2.45, 2.75) is 300 Å². The third-order valence-corrected chi connectivity index (χ3v) is 14.6. The van der Waals surface area contributed by atoms with Crippen molar-refractivity contribution in [1.82, 2.24) is 5.32 Å². The summed E-state index contributed by atoms with van der Waals surface area (Å²) in [5, 5.41) is 61.4. The molecule has 8 atom stereocenters. The first kappa shape index (κ1) is 64.5. The molecule has 0 aliphatic carbocycles. The van der Waals surface area contributed by atoms with Crippen LogP contribution in [0.3, 0.4) is 0 Å². The van der Waals surface area contributed by atoms with Crippen LogP contribution in [0.2, 0.25) is 0 Å². The van der Waals surface area contributed by atoms with Crippen molar-refractivity contribution in [2.75, 3.05) is 32.2 Å². The molecule has 1 fully saturated rings. The van der Waals surface area contributed by atoms with Crippen LogP contribution in [0.25, 0.3) is 0 Å². The molecular weight excluding hydrogens is 901 g/mol. The molecule has 12 heteroatoms.